The third-order valence-electron chi connectivity index (χ3n) is 10.4. The zero-order valence-corrected chi connectivity index (χ0v) is 31.2. The van der Waals surface area contributed by atoms with Crippen LogP contribution in [0.15, 0.2) is 0 Å². The predicted molar refractivity (Wildman–Crippen MR) is 173 cm³/mol. The van der Waals surface area contributed by atoms with Crippen molar-refractivity contribution in [3.63, 3.8) is 0 Å². The summed E-state index contributed by atoms with van der Waals surface area (Å²) in [6.45, 7) is 20.5. The Kier molecular flexibility index (Phi) is 13.1. The molecule has 0 atom stereocenters. The molecule has 0 aromatic heterocycles. The maximum absolute atomic E-state index is 6.69. The van der Waals surface area contributed by atoms with Gasteiger partial charge in [-0.1, -0.05) is 0 Å². The Morgan fingerprint density at radius 3 is 1.07 bits per heavy atom. The number of piperidine rings is 2. The zero-order chi connectivity index (χ0) is 31.3. The third-order valence-corrected chi connectivity index (χ3v) is 17.3. The number of rotatable bonds is 16. The van der Waals surface area contributed by atoms with Crippen LogP contribution in [0.2, 0.25) is 12.1 Å². The molecule has 2 N–H and O–H groups in total. The first kappa shape index (κ1) is 37.3. The van der Waals surface area contributed by atoms with Crippen molar-refractivity contribution >= 4 is 17.6 Å². The fourth-order valence-electron chi connectivity index (χ4n) is 7.33. The van der Waals surface area contributed by atoms with Gasteiger partial charge in [0.05, 0.1) is 0 Å². The van der Waals surface area contributed by atoms with Gasteiger partial charge in [0.2, 0.25) is 0 Å². The van der Waals surface area contributed by atoms with Gasteiger partial charge in [0.15, 0.2) is 0 Å². The summed E-state index contributed by atoms with van der Waals surface area (Å²) in [4.78, 5) is 5.04. The van der Waals surface area contributed by atoms with E-state index in [1.165, 1.54) is 0 Å². The van der Waals surface area contributed by atoms with Gasteiger partial charge >= 0.3 is 17.6 Å². The summed E-state index contributed by atoms with van der Waals surface area (Å²) in [6.07, 6.45) is 6.33. The molecule has 2 aliphatic heterocycles. The van der Waals surface area contributed by atoms with E-state index in [-0.39, 0.29) is 22.2 Å². The lowest BCUT2D eigenvalue weighted by Crippen LogP contribution is -2.62. The summed E-state index contributed by atoms with van der Waals surface area (Å²) in [6, 6.07) is 2.40. The lowest BCUT2D eigenvalue weighted by Gasteiger charge is -2.54. The average molecular weight is 619 g/mol. The molecule has 0 aromatic carbocycles. The molecule has 2 aliphatic rings. The van der Waals surface area contributed by atoms with Gasteiger partial charge in [-0.15, -0.1) is 0 Å². The van der Waals surface area contributed by atoms with Crippen LogP contribution in [-0.2, 0) is 21.8 Å². The Morgan fingerprint density at radius 2 is 0.829 bits per heavy atom. The molecule has 2 heterocycles. The van der Waals surface area contributed by atoms with Crippen molar-refractivity contribution in [2.45, 2.75) is 140 Å². The number of nitrogens with zero attached hydrogens (tertiary/aromatic N) is 2. The molecule has 0 radical (unpaired) electrons. The normalized spacial score (nSPS) is 24.1. The Morgan fingerprint density at radius 1 is 0.561 bits per heavy atom. The highest BCUT2D eigenvalue weighted by molar-refractivity contribution is 6.75. The first-order chi connectivity index (χ1) is 18.8. The van der Waals surface area contributed by atoms with Crippen LogP contribution in [0.1, 0.15) is 93.9 Å². The van der Waals surface area contributed by atoms with Gasteiger partial charge in [0, 0.05) is 74.8 Å². The molecular weight excluding hydrogens is 553 g/mol. The van der Waals surface area contributed by atoms with Crippen molar-refractivity contribution in [2.75, 3.05) is 55.6 Å². The maximum atomic E-state index is 6.69. The smallest absolute Gasteiger partial charge is 0.377 e. The van der Waals surface area contributed by atoms with Gasteiger partial charge in [0.1, 0.15) is 0 Å². The van der Waals surface area contributed by atoms with Crippen LogP contribution in [0, 0.1) is 0 Å². The second-order valence-electron chi connectivity index (χ2n) is 15.0. The van der Waals surface area contributed by atoms with Gasteiger partial charge in [-0.2, -0.15) is 0 Å². The number of hydrogen-bond donors (Lipinski definition) is 2. The third kappa shape index (κ3) is 9.53. The van der Waals surface area contributed by atoms with Crippen LogP contribution in [0.25, 0.3) is 0 Å². The van der Waals surface area contributed by atoms with E-state index in [1.807, 2.05) is 0 Å². The fourth-order valence-corrected chi connectivity index (χ4v) is 13.7. The van der Waals surface area contributed by atoms with Crippen LogP contribution in [-0.4, -0.2) is 117 Å². The molecule has 0 aromatic rings. The van der Waals surface area contributed by atoms with E-state index >= 15 is 0 Å². The van der Waals surface area contributed by atoms with Crippen molar-refractivity contribution in [2.24, 2.45) is 0 Å². The molecule has 0 bridgehead atoms. The minimum Gasteiger partial charge on any atom is -0.377 e. The van der Waals surface area contributed by atoms with E-state index in [2.05, 4.69) is 89.9 Å². The highest BCUT2D eigenvalue weighted by atomic mass is 28.5. The van der Waals surface area contributed by atoms with Crippen molar-refractivity contribution in [1.82, 2.24) is 20.4 Å². The van der Waals surface area contributed by atoms with Gasteiger partial charge in [-0.25, -0.2) is 0 Å². The SMILES string of the molecule is CO[Si](CCCNC1CC(C)(C)N(C)C(C)(C)C1)(OC)O[Si](CCCNC1CC(C)(C)N(C)C(C)(C)C1)(OC)OC. The second-order valence-corrected chi connectivity index (χ2v) is 21.2. The molecule has 0 spiro atoms. The summed E-state index contributed by atoms with van der Waals surface area (Å²) in [5, 5.41) is 7.64. The molecule has 2 rings (SSSR count). The van der Waals surface area contributed by atoms with Gasteiger partial charge < -0.3 is 32.5 Å². The molecule has 0 unspecified atom stereocenters. The monoisotopic (exact) mass is 618 g/mol. The summed E-state index contributed by atoms with van der Waals surface area (Å²) in [5.74, 6) is 0. The van der Waals surface area contributed by atoms with E-state index in [9.17, 15) is 0 Å². The minimum absolute atomic E-state index is 0.164. The van der Waals surface area contributed by atoms with E-state index in [0.29, 0.717) is 24.2 Å². The molecule has 0 amide bonds. The Bertz CT molecular complexity index is 706. The van der Waals surface area contributed by atoms with Crippen LogP contribution in [0.3, 0.4) is 0 Å². The van der Waals surface area contributed by atoms with E-state index in [1.54, 1.807) is 28.4 Å². The molecule has 9 nitrogen and oxygen atoms in total. The van der Waals surface area contributed by atoms with E-state index in [4.69, 9.17) is 21.8 Å². The predicted octanol–water partition coefficient (Wildman–Crippen LogP) is 4.73. The molecule has 0 aliphatic carbocycles. The standard InChI is InChI=1S/C30H66N4O5Si2/c1-27(2)21-25(22-28(3,4)33(27)9)31-17-15-19-40(35-11,36-12)39-41(37-13,38-14)20-16-18-32-26-23-29(5,6)34(10)30(7,8)24-26/h25-26,31-32H,15-24H2,1-14H3. The number of nitrogens with one attached hydrogen (secondary N) is 2. The lowest BCUT2D eigenvalue weighted by molar-refractivity contribution is -0.0182. The Hall–Kier alpha value is 0.0738. The van der Waals surface area contributed by atoms with Crippen LogP contribution in [0.5, 0.6) is 0 Å². The Balaban J connectivity index is 1.91. The van der Waals surface area contributed by atoms with Crippen molar-refractivity contribution in [1.29, 1.82) is 0 Å². The highest BCUT2D eigenvalue weighted by Gasteiger charge is 2.52. The van der Waals surface area contributed by atoms with Crippen molar-refractivity contribution < 1.29 is 21.8 Å². The highest BCUT2D eigenvalue weighted by Crippen LogP contribution is 2.38. The summed E-state index contributed by atoms with van der Waals surface area (Å²) in [7, 11) is 5.33. The molecule has 41 heavy (non-hydrogen) atoms. The van der Waals surface area contributed by atoms with Crippen molar-refractivity contribution in [3.8, 4) is 0 Å². The summed E-state index contributed by atoms with van der Waals surface area (Å²) in [5.41, 5.74) is 0.654. The molecule has 244 valence electrons. The minimum atomic E-state index is -2.98. The van der Waals surface area contributed by atoms with Crippen molar-refractivity contribution in [3.05, 3.63) is 0 Å². The molecular formula is C30H66N4O5Si2. The quantitative estimate of drug-likeness (QED) is 0.189. The van der Waals surface area contributed by atoms with Gasteiger partial charge in [-0.3, -0.25) is 9.80 Å². The lowest BCUT2D eigenvalue weighted by atomic mass is 9.77. The van der Waals surface area contributed by atoms with Crippen LogP contribution in [0.4, 0.5) is 0 Å². The van der Waals surface area contributed by atoms with Gasteiger partial charge in [0.25, 0.3) is 0 Å². The average Bonchev–Trinajstić information content (AvgIpc) is 2.88. The van der Waals surface area contributed by atoms with Gasteiger partial charge in [-0.05, 0) is 121 Å². The largest absolute Gasteiger partial charge is 0.493 e. The Labute approximate surface area is 255 Å². The first-order valence-electron chi connectivity index (χ1n) is 15.7. The molecule has 2 saturated heterocycles. The molecule has 2 fully saturated rings. The topological polar surface area (TPSA) is 76.7 Å². The second kappa shape index (κ2) is 14.4. The zero-order valence-electron chi connectivity index (χ0n) is 29.2. The van der Waals surface area contributed by atoms with E-state index in [0.717, 1.165) is 51.6 Å². The number of hydrogen-bond acceptors (Lipinski definition) is 9. The summed E-state index contributed by atoms with van der Waals surface area (Å²) < 4.78 is 30.6. The van der Waals surface area contributed by atoms with Crippen LogP contribution >= 0.6 is 0 Å². The number of likely N-dealkylation sites (tertiary alicyclic amines) is 2. The maximum Gasteiger partial charge on any atom is 0.493 e. The van der Waals surface area contributed by atoms with Crippen LogP contribution < -0.4 is 10.6 Å². The fraction of sp³-hybridized carbons (Fsp3) is 1.00. The van der Waals surface area contributed by atoms with E-state index < -0.39 is 17.6 Å². The first-order valence-corrected chi connectivity index (χ1v) is 19.5. The molecule has 0 saturated carbocycles. The summed E-state index contributed by atoms with van der Waals surface area (Å²) >= 11 is 0. The molecule has 11 heteroatoms.